The summed E-state index contributed by atoms with van der Waals surface area (Å²) in [6.45, 7) is 12.2. The predicted octanol–water partition coefficient (Wildman–Crippen LogP) is 5.57. The molecule has 0 aliphatic carbocycles. The van der Waals surface area contributed by atoms with Gasteiger partial charge in [-0.1, -0.05) is 57.2 Å². The highest BCUT2D eigenvalue weighted by Gasteiger charge is 2.29. The van der Waals surface area contributed by atoms with Crippen molar-refractivity contribution in [2.24, 2.45) is 0 Å². The highest BCUT2D eigenvalue weighted by Crippen LogP contribution is 2.38. The molecule has 1 saturated heterocycles. The van der Waals surface area contributed by atoms with Crippen LogP contribution in [0.4, 0.5) is 11.4 Å². The van der Waals surface area contributed by atoms with Crippen molar-refractivity contribution in [1.82, 2.24) is 4.90 Å². The third kappa shape index (κ3) is 5.13. The van der Waals surface area contributed by atoms with Crippen molar-refractivity contribution in [3.63, 3.8) is 0 Å². The van der Waals surface area contributed by atoms with E-state index in [9.17, 15) is 9.59 Å². The summed E-state index contributed by atoms with van der Waals surface area (Å²) < 4.78 is 5.72. The number of piperazine rings is 1. The number of amides is 2. The summed E-state index contributed by atoms with van der Waals surface area (Å²) in [7, 11) is 0. The van der Waals surface area contributed by atoms with Crippen LogP contribution in [0.1, 0.15) is 54.2 Å². The standard InChI is InChI=1S/C32H37N3O3/c1-5-32(3,4)26-14-15-29-28(20-26)35(30(36)22-38-29)21-24-10-12-25(13-11-24)31(37)34-18-16-33(17-19-34)27-9-7-6-8-23(27)2/h6-15,20H,5,16-19,21-22H2,1-4H3. The first-order chi connectivity index (χ1) is 18.3. The number of carbonyl (C=O) groups is 2. The van der Waals surface area contributed by atoms with E-state index in [-0.39, 0.29) is 23.8 Å². The average Bonchev–Trinajstić information content (AvgIpc) is 2.94. The Balaban J connectivity index is 1.26. The molecule has 198 valence electrons. The van der Waals surface area contributed by atoms with Crippen molar-refractivity contribution in [1.29, 1.82) is 0 Å². The van der Waals surface area contributed by atoms with E-state index in [1.807, 2.05) is 35.2 Å². The van der Waals surface area contributed by atoms with Crippen LogP contribution in [0.25, 0.3) is 0 Å². The molecule has 0 aromatic heterocycles. The molecule has 0 atom stereocenters. The van der Waals surface area contributed by atoms with Crippen molar-refractivity contribution < 1.29 is 14.3 Å². The Kier molecular flexibility index (Phi) is 7.15. The van der Waals surface area contributed by atoms with Gasteiger partial charge in [0.1, 0.15) is 5.75 Å². The highest BCUT2D eigenvalue weighted by atomic mass is 16.5. The van der Waals surface area contributed by atoms with Crippen LogP contribution in [-0.2, 0) is 16.8 Å². The molecule has 5 rings (SSSR count). The van der Waals surface area contributed by atoms with Gasteiger partial charge in [-0.2, -0.15) is 0 Å². The van der Waals surface area contributed by atoms with Gasteiger partial charge in [0.2, 0.25) is 0 Å². The maximum atomic E-state index is 13.2. The fourth-order valence-corrected chi connectivity index (χ4v) is 5.19. The quantitative estimate of drug-likeness (QED) is 0.434. The molecule has 6 heteroatoms. The van der Waals surface area contributed by atoms with Gasteiger partial charge in [0.15, 0.2) is 6.61 Å². The third-order valence-corrected chi connectivity index (χ3v) is 8.13. The van der Waals surface area contributed by atoms with Gasteiger partial charge >= 0.3 is 0 Å². The summed E-state index contributed by atoms with van der Waals surface area (Å²) >= 11 is 0. The number of nitrogens with zero attached hydrogens (tertiary/aromatic N) is 3. The number of ether oxygens (including phenoxy) is 1. The van der Waals surface area contributed by atoms with E-state index >= 15 is 0 Å². The molecule has 0 bridgehead atoms. The molecule has 0 N–H and O–H groups in total. The second-order valence-electron chi connectivity index (χ2n) is 11.0. The number of hydrogen-bond acceptors (Lipinski definition) is 4. The lowest BCUT2D eigenvalue weighted by Gasteiger charge is -2.37. The summed E-state index contributed by atoms with van der Waals surface area (Å²) in [5.41, 5.74) is 6.17. The summed E-state index contributed by atoms with van der Waals surface area (Å²) in [5, 5.41) is 0. The topological polar surface area (TPSA) is 53.1 Å². The second kappa shape index (κ2) is 10.5. The zero-order chi connectivity index (χ0) is 26.9. The van der Waals surface area contributed by atoms with Crippen molar-refractivity contribution in [2.75, 3.05) is 42.6 Å². The summed E-state index contributed by atoms with van der Waals surface area (Å²) in [4.78, 5) is 32.2. The fraction of sp³-hybridized carbons (Fsp3) is 0.375. The number of aryl methyl sites for hydroxylation is 1. The zero-order valence-corrected chi connectivity index (χ0v) is 22.9. The molecule has 3 aromatic rings. The van der Waals surface area contributed by atoms with Gasteiger partial charge in [-0.3, -0.25) is 9.59 Å². The first-order valence-electron chi connectivity index (χ1n) is 13.5. The van der Waals surface area contributed by atoms with Crippen molar-refractivity contribution in [3.05, 3.63) is 89.0 Å². The van der Waals surface area contributed by atoms with Gasteiger partial charge in [0.05, 0.1) is 12.2 Å². The van der Waals surface area contributed by atoms with Crippen molar-refractivity contribution in [3.8, 4) is 5.75 Å². The van der Waals surface area contributed by atoms with Gasteiger partial charge in [-0.05, 0) is 65.8 Å². The van der Waals surface area contributed by atoms with E-state index in [1.54, 1.807) is 4.90 Å². The van der Waals surface area contributed by atoms with E-state index in [2.05, 4.69) is 69.0 Å². The summed E-state index contributed by atoms with van der Waals surface area (Å²) in [5.74, 6) is 0.729. The van der Waals surface area contributed by atoms with Crippen LogP contribution in [0.5, 0.6) is 5.75 Å². The first-order valence-corrected chi connectivity index (χ1v) is 13.5. The van der Waals surface area contributed by atoms with Gasteiger partial charge in [0.25, 0.3) is 11.8 Å². The lowest BCUT2D eigenvalue weighted by Crippen LogP contribution is -2.49. The molecule has 2 aliphatic heterocycles. The van der Waals surface area contributed by atoms with E-state index in [0.29, 0.717) is 25.2 Å². The van der Waals surface area contributed by atoms with Crippen molar-refractivity contribution in [2.45, 2.75) is 46.1 Å². The molecule has 6 nitrogen and oxygen atoms in total. The number of fused-ring (bicyclic) bond motifs is 1. The van der Waals surface area contributed by atoms with E-state index in [0.717, 1.165) is 36.5 Å². The molecule has 38 heavy (non-hydrogen) atoms. The van der Waals surface area contributed by atoms with Gasteiger partial charge in [-0.15, -0.1) is 0 Å². The molecule has 0 spiro atoms. The monoisotopic (exact) mass is 511 g/mol. The molecule has 2 amide bonds. The molecule has 0 unspecified atom stereocenters. The largest absolute Gasteiger partial charge is 0.482 e. The first kappa shape index (κ1) is 25.8. The highest BCUT2D eigenvalue weighted by molar-refractivity contribution is 5.98. The fourth-order valence-electron chi connectivity index (χ4n) is 5.19. The third-order valence-electron chi connectivity index (χ3n) is 8.13. The predicted molar refractivity (Wildman–Crippen MR) is 152 cm³/mol. The minimum Gasteiger partial charge on any atom is -0.482 e. The Morgan fingerprint density at radius 2 is 1.63 bits per heavy atom. The van der Waals surface area contributed by atoms with Crippen LogP contribution in [0.2, 0.25) is 0 Å². The molecule has 0 radical (unpaired) electrons. The maximum Gasteiger partial charge on any atom is 0.265 e. The van der Waals surface area contributed by atoms with Crippen LogP contribution in [0.3, 0.4) is 0 Å². The molecule has 1 fully saturated rings. The number of para-hydroxylation sites is 1. The smallest absolute Gasteiger partial charge is 0.265 e. The van der Waals surface area contributed by atoms with Crippen LogP contribution in [-0.4, -0.2) is 49.5 Å². The van der Waals surface area contributed by atoms with E-state index in [4.69, 9.17) is 4.74 Å². The number of benzene rings is 3. The summed E-state index contributed by atoms with van der Waals surface area (Å²) in [6.07, 6.45) is 0.997. The van der Waals surface area contributed by atoms with E-state index < -0.39 is 0 Å². The Morgan fingerprint density at radius 1 is 0.921 bits per heavy atom. The lowest BCUT2D eigenvalue weighted by atomic mass is 9.82. The van der Waals surface area contributed by atoms with Gasteiger partial charge in [0, 0.05) is 37.4 Å². The molecular formula is C32H37N3O3. The van der Waals surface area contributed by atoms with Gasteiger partial charge < -0.3 is 19.4 Å². The van der Waals surface area contributed by atoms with Crippen LogP contribution in [0, 0.1) is 6.92 Å². The summed E-state index contributed by atoms with van der Waals surface area (Å²) in [6, 6.07) is 22.2. The molecule has 2 aliphatic rings. The number of carbonyl (C=O) groups excluding carboxylic acids is 2. The van der Waals surface area contributed by atoms with Crippen LogP contribution in [0.15, 0.2) is 66.7 Å². The molecule has 0 saturated carbocycles. The SMILES string of the molecule is CCC(C)(C)c1ccc2c(c1)N(Cc1ccc(C(=O)N3CCN(c4ccccc4C)CC3)cc1)C(=O)CO2. The van der Waals surface area contributed by atoms with Crippen LogP contribution >= 0.6 is 0 Å². The maximum absolute atomic E-state index is 13.2. The number of anilines is 2. The molecular weight excluding hydrogens is 474 g/mol. The molecule has 3 aromatic carbocycles. The number of hydrogen-bond donors (Lipinski definition) is 0. The van der Waals surface area contributed by atoms with E-state index in [1.165, 1.54) is 16.8 Å². The van der Waals surface area contributed by atoms with Crippen molar-refractivity contribution >= 4 is 23.2 Å². The zero-order valence-electron chi connectivity index (χ0n) is 22.9. The lowest BCUT2D eigenvalue weighted by molar-refractivity contribution is -0.121. The van der Waals surface area contributed by atoms with Crippen LogP contribution < -0.4 is 14.5 Å². The van der Waals surface area contributed by atoms with Gasteiger partial charge in [-0.25, -0.2) is 0 Å². The minimum atomic E-state index is -0.0596. The molecule has 2 heterocycles. The number of rotatable bonds is 6. The Bertz CT molecular complexity index is 1320. The normalized spacial score (nSPS) is 15.8. The Morgan fingerprint density at radius 3 is 2.32 bits per heavy atom. The average molecular weight is 512 g/mol. The Labute approximate surface area is 225 Å². The Hall–Kier alpha value is -3.80. The minimum absolute atomic E-state index is 0.00854. The second-order valence-corrected chi connectivity index (χ2v) is 11.0.